The van der Waals surface area contributed by atoms with Gasteiger partial charge >= 0.3 is 0 Å². The Hall–Kier alpha value is -0.610. The predicted molar refractivity (Wildman–Crippen MR) is 75.4 cm³/mol. The summed E-state index contributed by atoms with van der Waals surface area (Å²) in [6.45, 7) is 6.82. The maximum Gasteiger partial charge on any atom is 0.223 e. The molecule has 0 aromatic carbocycles. The first-order valence-corrected chi connectivity index (χ1v) is 7.55. The highest BCUT2D eigenvalue weighted by molar-refractivity contribution is 5.79. The average molecular weight is 268 g/mol. The van der Waals surface area contributed by atoms with E-state index in [4.69, 9.17) is 5.73 Å². The fourth-order valence-corrected chi connectivity index (χ4v) is 3.30. The van der Waals surface area contributed by atoms with Gasteiger partial charge in [-0.15, -0.1) is 0 Å². The van der Waals surface area contributed by atoms with Gasteiger partial charge in [-0.2, -0.15) is 0 Å². The molecule has 4 N–H and O–H groups in total. The van der Waals surface area contributed by atoms with E-state index in [1.165, 1.54) is 0 Å². The number of carbonyl (C=O) groups excluding carboxylic acids is 1. The number of hydrogen-bond acceptors (Lipinski definition) is 3. The summed E-state index contributed by atoms with van der Waals surface area (Å²) in [7, 11) is 0. The largest absolute Gasteiger partial charge is 0.391 e. The zero-order chi connectivity index (χ0) is 14.2. The number of rotatable bonds is 4. The van der Waals surface area contributed by atoms with E-state index >= 15 is 0 Å². The lowest BCUT2D eigenvalue weighted by Crippen LogP contribution is -2.52. The van der Waals surface area contributed by atoms with Gasteiger partial charge in [0, 0.05) is 18.5 Å². The predicted octanol–water partition coefficient (Wildman–Crippen LogP) is 1.27. The molecule has 1 amide bonds. The second-order valence-electron chi connectivity index (χ2n) is 7.05. The van der Waals surface area contributed by atoms with Crippen molar-refractivity contribution in [2.24, 2.45) is 28.9 Å². The van der Waals surface area contributed by atoms with Gasteiger partial charge in [0.15, 0.2) is 0 Å². The van der Waals surface area contributed by atoms with Crippen LogP contribution < -0.4 is 11.1 Å². The molecule has 0 spiro atoms. The Morgan fingerprint density at radius 2 is 2.00 bits per heavy atom. The summed E-state index contributed by atoms with van der Waals surface area (Å²) in [6.07, 6.45) is 3.59. The number of hydrogen-bond donors (Lipinski definition) is 3. The first-order valence-electron chi connectivity index (χ1n) is 7.55. The fourth-order valence-electron chi connectivity index (χ4n) is 3.30. The Morgan fingerprint density at radius 3 is 2.58 bits per heavy atom. The highest BCUT2D eigenvalue weighted by Gasteiger charge is 2.45. The second-order valence-corrected chi connectivity index (χ2v) is 7.05. The molecule has 2 saturated carbocycles. The van der Waals surface area contributed by atoms with Gasteiger partial charge in [0.25, 0.3) is 0 Å². The molecule has 0 aliphatic heterocycles. The van der Waals surface area contributed by atoms with Crippen molar-refractivity contribution in [2.45, 2.75) is 58.6 Å². The minimum atomic E-state index is -0.365. The van der Waals surface area contributed by atoms with Crippen LogP contribution in [0.15, 0.2) is 0 Å². The first-order chi connectivity index (χ1) is 8.84. The van der Waals surface area contributed by atoms with Gasteiger partial charge in [-0.3, -0.25) is 4.79 Å². The monoisotopic (exact) mass is 268 g/mol. The minimum absolute atomic E-state index is 0.00806. The van der Waals surface area contributed by atoms with Crippen LogP contribution in [0.25, 0.3) is 0 Å². The van der Waals surface area contributed by atoms with Crippen molar-refractivity contribution in [2.75, 3.05) is 6.54 Å². The summed E-state index contributed by atoms with van der Waals surface area (Å²) >= 11 is 0. The number of aliphatic hydroxyl groups excluding tert-OH is 1. The van der Waals surface area contributed by atoms with E-state index in [0.29, 0.717) is 18.4 Å². The van der Waals surface area contributed by atoms with Gasteiger partial charge < -0.3 is 16.2 Å². The molecule has 110 valence electrons. The zero-order valence-corrected chi connectivity index (χ0v) is 12.4. The normalized spacial score (nSPS) is 35.7. The van der Waals surface area contributed by atoms with Crippen molar-refractivity contribution in [3.05, 3.63) is 0 Å². The van der Waals surface area contributed by atoms with Crippen molar-refractivity contribution >= 4 is 5.91 Å². The van der Waals surface area contributed by atoms with E-state index in [1.54, 1.807) is 0 Å². The van der Waals surface area contributed by atoms with Gasteiger partial charge in [0.05, 0.1) is 6.10 Å². The van der Waals surface area contributed by atoms with E-state index in [2.05, 4.69) is 26.1 Å². The van der Waals surface area contributed by atoms with E-state index in [0.717, 1.165) is 25.7 Å². The molecule has 2 aliphatic rings. The highest BCUT2D eigenvalue weighted by atomic mass is 16.3. The molecular weight excluding hydrogens is 240 g/mol. The summed E-state index contributed by atoms with van der Waals surface area (Å²) in [5.74, 6) is 0.842. The molecule has 2 aliphatic carbocycles. The van der Waals surface area contributed by atoms with E-state index < -0.39 is 0 Å². The Bertz CT molecular complexity index is 339. The molecule has 0 saturated heterocycles. The van der Waals surface area contributed by atoms with Crippen molar-refractivity contribution in [1.29, 1.82) is 0 Å². The maximum absolute atomic E-state index is 12.4. The summed E-state index contributed by atoms with van der Waals surface area (Å²) < 4.78 is 0. The maximum atomic E-state index is 12.4. The van der Waals surface area contributed by atoms with Crippen molar-refractivity contribution in [3.8, 4) is 0 Å². The molecular formula is C15H28N2O2. The summed E-state index contributed by atoms with van der Waals surface area (Å²) in [4.78, 5) is 12.4. The quantitative estimate of drug-likeness (QED) is 0.719. The lowest BCUT2D eigenvalue weighted by Gasteiger charge is -2.46. The number of nitrogens with one attached hydrogen (secondary N) is 1. The third-order valence-electron chi connectivity index (χ3n) is 5.47. The van der Waals surface area contributed by atoms with Crippen LogP contribution in [0, 0.1) is 23.2 Å². The molecule has 0 bridgehead atoms. The third kappa shape index (κ3) is 3.11. The van der Waals surface area contributed by atoms with Crippen LogP contribution in [0.1, 0.15) is 46.5 Å². The van der Waals surface area contributed by atoms with Gasteiger partial charge in [0.2, 0.25) is 5.91 Å². The zero-order valence-electron chi connectivity index (χ0n) is 12.4. The minimum Gasteiger partial charge on any atom is -0.391 e. The number of amides is 1. The molecule has 4 atom stereocenters. The molecule has 0 aromatic rings. The molecule has 2 fully saturated rings. The lowest BCUT2D eigenvalue weighted by molar-refractivity contribution is -0.133. The van der Waals surface area contributed by atoms with Crippen molar-refractivity contribution < 1.29 is 9.90 Å². The number of nitrogens with two attached hydrogens (primary N) is 1. The van der Waals surface area contributed by atoms with E-state index in [1.807, 2.05) is 0 Å². The number of carbonyl (C=O) groups is 1. The molecule has 0 aromatic heterocycles. The fraction of sp³-hybridized carbons (Fsp3) is 0.933. The molecule has 4 nitrogen and oxygen atoms in total. The Labute approximate surface area is 116 Å². The Morgan fingerprint density at radius 1 is 1.37 bits per heavy atom. The van der Waals surface area contributed by atoms with Crippen LogP contribution in [0.4, 0.5) is 0 Å². The lowest BCUT2D eigenvalue weighted by atomic mass is 9.61. The summed E-state index contributed by atoms with van der Waals surface area (Å²) in [6, 6.07) is 0.191. The van der Waals surface area contributed by atoms with Crippen LogP contribution >= 0.6 is 0 Å². The van der Waals surface area contributed by atoms with Crippen LogP contribution in [-0.2, 0) is 4.79 Å². The van der Waals surface area contributed by atoms with Gasteiger partial charge in [0.1, 0.15) is 0 Å². The third-order valence-corrected chi connectivity index (χ3v) is 5.47. The van der Waals surface area contributed by atoms with Gasteiger partial charge in [-0.05, 0) is 42.9 Å². The summed E-state index contributed by atoms with van der Waals surface area (Å²) in [5, 5.41) is 12.8. The Kier molecular flexibility index (Phi) is 4.21. The first kappa shape index (κ1) is 14.8. The molecule has 2 rings (SSSR count). The van der Waals surface area contributed by atoms with Crippen LogP contribution in [-0.4, -0.2) is 29.7 Å². The highest BCUT2D eigenvalue weighted by Crippen LogP contribution is 2.44. The topological polar surface area (TPSA) is 75.4 Å². The Balaban J connectivity index is 1.90. The van der Waals surface area contributed by atoms with Gasteiger partial charge in [-0.1, -0.05) is 20.8 Å². The summed E-state index contributed by atoms with van der Waals surface area (Å²) in [5.41, 5.74) is 6.04. The van der Waals surface area contributed by atoms with E-state index in [9.17, 15) is 9.90 Å². The molecule has 0 radical (unpaired) electrons. The molecule has 4 heteroatoms. The van der Waals surface area contributed by atoms with Crippen LogP contribution in [0.2, 0.25) is 0 Å². The molecule has 19 heavy (non-hydrogen) atoms. The average Bonchev–Trinajstić information content (AvgIpc) is 3.17. The van der Waals surface area contributed by atoms with Gasteiger partial charge in [-0.25, -0.2) is 0 Å². The van der Waals surface area contributed by atoms with Crippen molar-refractivity contribution in [1.82, 2.24) is 5.32 Å². The molecule has 0 heterocycles. The second kappa shape index (κ2) is 5.41. The smallest absolute Gasteiger partial charge is 0.223 e. The van der Waals surface area contributed by atoms with Crippen LogP contribution in [0.3, 0.4) is 0 Å². The van der Waals surface area contributed by atoms with E-state index in [-0.39, 0.29) is 29.4 Å². The standard InChI is InChI=1S/C15H28N2O2/c1-9-12(16)7-6-11(15(9,2)3)14(19)17-8-13(18)10-4-5-10/h9-13,18H,4-8,16H2,1-3H3,(H,17,19). The molecule has 4 unspecified atom stereocenters. The van der Waals surface area contributed by atoms with Crippen molar-refractivity contribution in [3.63, 3.8) is 0 Å². The number of aliphatic hydroxyl groups is 1. The van der Waals surface area contributed by atoms with Crippen LogP contribution in [0.5, 0.6) is 0 Å². The SMILES string of the molecule is CC1C(N)CCC(C(=O)NCC(O)C2CC2)C1(C)C.